The number of hydrogen-bond acceptors (Lipinski definition) is 9. The summed E-state index contributed by atoms with van der Waals surface area (Å²) in [6.07, 6.45) is 0.775. The highest BCUT2D eigenvalue weighted by atomic mass is 32.2. The Bertz CT molecular complexity index is 895. The molecule has 0 spiro atoms. The number of sulfone groups is 2. The van der Waals surface area contributed by atoms with Crippen molar-refractivity contribution in [2.45, 2.75) is 9.79 Å². The van der Waals surface area contributed by atoms with Crippen LogP contribution in [0.3, 0.4) is 0 Å². The van der Waals surface area contributed by atoms with Crippen LogP contribution in [-0.2, 0) is 29.4 Å². The number of carbonyl (C=O) groups excluding carboxylic acids is 1. The molecule has 2 aromatic carbocycles. The fourth-order valence-corrected chi connectivity index (χ4v) is 2.92. The molecule has 0 amide bonds. The summed E-state index contributed by atoms with van der Waals surface area (Å²) in [6, 6.07) is 10.3. The van der Waals surface area contributed by atoms with Gasteiger partial charge in [-0.25, -0.2) is 26.6 Å². The summed E-state index contributed by atoms with van der Waals surface area (Å²) in [5.41, 5.74) is 0. The summed E-state index contributed by atoms with van der Waals surface area (Å²) in [4.78, 5) is 29.5. The molecule has 2 rings (SSSR count). The van der Waals surface area contributed by atoms with Crippen LogP contribution < -0.4 is 9.78 Å². The third kappa shape index (κ3) is 5.63. The molecule has 0 aromatic heterocycles. The molecule has 0 bridgehead atoms. The van der Waals surface area contributed by atoms with Crippen LogP contribution in [0.2, 0.25) is 0 Å². The molecule has 0 heterocycles. The predicted molar refractivity (Wildman–Crippen MR) is 87.9 cm³/mol. The van der Waals surface area contributed by atoms with Gasteiger partial charge in [0.15, 0.2) is 31.2 Å². The van der Waals surface area contributed by atoms with Gasteiger partial charge in [-0.05, 0) is 48.5 Å². The Hall–Kier alpha value is -2.79. The zero-order chi connectivity index (χ0) is 19.4. The topological polar surface area (TPSA) is 122 Å². The highest BCUT2D eigenvalue weighted by molar-refractivity contribution is 7.91. The molecule has 0 saturated carbocycles. The van der Waals surface area contributed by atoms with E-state index in [2.05, 4.69) is 19.6 Å². The molecule has 0 radical (unpaired) electrons. The van der Waals surface area contributed by atoms with Crippen LogP contribution in [0.15, 0.2) is 58.3 Å². The second kappa shape index (κ2) is 7.62. The highest BCUT2D eigenvalue weighted by Crippen LogP contribution is 2.17. The van der Waals surface area contributed by atoms with Crippen molar-refractivity contribution in [2.75, 3.05) is 12.5 Å². The van der Waals surface area contributed by atoms with Crippen molar-refractivity contribution in [3.05, 3.63) is 48.5 Å². The Balaban J connectivity index is 1.84. The summed E-state index contributed by atoms with van der Waals surface area (Å²) >= 11 is 0. The van der Waals surface area contributed by atoms with E-state index < -0.39 is 25.8 Å². The van der Waals surface area contributed by atoms with Crippen molar-refractivity contribution in [3.63, 3.8) is 0 Å². The Morgan fingerprint density at radius 1 is 0.654 bits per heavy atom. The first-order valence-corrected chi connectivity index (χ1v) is 10.7. The van der Waals surface area contributed by atoms with Gasteiger partial charge >= 0.3 is 6.16 Å². The van der Waals surface area contributed by atoms with E-state index in [0.29, 0.717) is 0 Å². The summed E-state index contributed by atoms with van der Waals surface area (Å²) in [5, 5.41) is 0. The van der Waals surface area contributed by atoms with Crippen LogP contribution >= 0.6 is 0 Å². The molecule has 0 aliphatic heterocycles. The van der Waals surface area contributed by atoms with Crippen molar-refractivity contribution < 1.29 is 41.2 Å². The van der Waals surface area contributed by atoms with E-state index in [1.165, 1.54) is 48.5 Å². The quantitative estimate of drug-likeness (QED) is 0.527. The Labute approximate surface area is 149 Å². The third-order valence-electron chi connectivity index (χ3n) is 2.92. The molecule has 11 heteroatoms. The molecule has 140 valence electrons. The van der Waals surface area contributed by atoms with E-state index in [0.717, 1.165) is 12.5 Å². The molecule has 2 aromatic rings. The third-order valence-corrected chi connectivity index (χ3v) is 5.17. The molecule has 0 atom stereocenters. The van der Waals surface area contributed by atoms with E-state index in [1.54, 1.807) is 0 Å². The Morgan fingerprint density at radius 2 is 0.962 bits per heavy atom. The average Bonchev–Trinajstić information content (AvgIpc) is 2.57. The predicted octanol–water partition coefficient (Wildman–Crippen LogP) is 1.93. The maximum Gasteiger partial charge on any atom is 0.591 e. The fraction of sp³-hybridized carbons (Fsp3) is 0.133. The monoisotopic (exact) mass is 402 g/mol. The number of benzene rings is 2. The standard InChI is InChI=1S/C15H14O9S2/c1-25(17,18)13-7-3-11(4-8-13)21-23-15(16)24-22-12-5-9-14(10-6-12)26(2,19)20/h3-10H,1-2H3. The Morgan fingerprint density at radius 3 is 1.23 bits per heavy atom. The highest BCUT2D eigenvalue weighted by Gasteiger charge is 2.12. The lowest BCUT2D eigenvalue weighted by Crippen LogP contribution is -2.12. The van der Waals surface area contributed by atoms with E-state index >= 15 is 0 Å². The first-order valence-electron chi connectivity index (χ1n) is 6.89. The smallest absolute Gasteiger partial charge is 0.284 e. The molecule has 26 heavy (non-hydrogen) atoms. The molecule has 0 unspecified atom stereocenters. The SMILES string of the molecule is CS(=O)(=O)c1ccc(OOC(=O)OOc2ccc(S(C)(=O)=O)cc2)cc1. The van der Waals surface area contributed by atoms with E-state index in [1.807, 2.05) is 0 Å². The number of hydrogen-bond donors (Lipinski definition) is 0. The van der Waals surface area contributed by atoms with Crippen LogP contribution in [0.4, 0.5) is 4.79 Å². The van der Waals surface area contributed by atoms with Gasteiger partial charge in [-0.2, -0.15) is 4.79 Å². The lowest BCUT2D eigenvalue weighted by atomic mass is 10.3. The van der Waals surface area contributed by atoms with Gasteiger partial charge in [-0.1, -0.05) is 0 Å². The molecule has 0 aliphatic carbocycles. The van der Waals surface area contributed by atoms with Crippen molar-refractivity contribution in [2.24, 2.45) is 0 Å². The van der Waals surface area contributed by atoms with Gasteiger partial charge in [0.25, 0.3) is 0 Å². The van der Waals surface area contributed by atoms with E-state index in [9.17, 15) is 21.6 Å². The van der Waals surface area contributed by atoms with Gasteiger partial charge in [0.2, 0.25) is 0 Å². The average molecular weight is 402 g/mol. The second-order valence-corrected chi connectivity index (χ2v) is 9.10. The largest absolute Gasteiger partial charge is 0.591 e. The first-order chi connectivity index (χ1) is 12.1. The number of rotatable bonds is 6. The summed E-state index contributed by atoms with van der Waals surface area (Å²) in [6.45, 7) is 0. The van der Waals surface area contributed by atoms with E-state index in [-0.39, 0.29) is 21.3 Å². The van der Waals surface area contributed by atoms with Crippen LogP contribution in [0.25, 0.3) is 0 Å². The summed E-state index contributed by atoms with van der Waals surface area (Å²) < 4.78 is 45.2. The van der Waals surface area contributed by atoms with Crippen molar-refractivity contribution in [3.8, 4) is 11.5 Å². The maximum absolute atomic E-state index is 11.4. The lowest BCUT2D eigenvalue weighted by Gasteiger charge is -2.06. The molecular formula is C15H14O9S2. The van der Waals surface area contributed by atoms with Crippen molar-refractivity contribution >= 4 is 25.8 Å². The molecule has 9 nitrogen and oxygen atoms in total. The zero-order valence-electron chi connectivity index (χ0n) is 13.6. The normalized spacial score (nSPS) is 11.5. The van der Waals surface area contributed by atoms with Gasteiger partial charge in [-0.15, -0.1) is 0 Å². The maximum atomic E-state index is 11.4. The van der Waals surface area contributed by atoms with Crippen LogP contribution in [0, 0.1) is 0 Å². The molecule has 0 saturated heterocycles. The minimum atomic E-state index is -3.35. The van der Waals surface area contributed by atoms with Crippen LogP contribution in [-0.4, -0.2) is 35.5 Å². The van der Waals surface area contributed by atoms with Gasteiger partial charge in [0.05, 0.1) is 9.79 Å². The van der Waals surface area contributed by atoms with Crippen molar-refractivity contribution in [1.29, 1.82) is 0 Å². The Kier molecular flexibility index (Phi) is 5.73. The number of carbonyl (C=O) groups is 1. The minimum absolute atomic E-state index is 0.0619. The summed E-state index contributed by atoms with van der Waals surface area (Å²) in [7, 11) is -6.70. The first kappa shape index (κ1) is 19.5. The molecule has 0 fully saturated rings. The second-order valence-electron chi connectivity index (χ2n) is 5.07. The fourth-order valence-electron chi connectivity index (χ4n) is 1.66. The molecule has 0 N–H and O–H groups in total. The van der Waals surface area contributed by atoms with E-state index in [4.69, 9.17) is 0 Å². The summed E-state index contributed by atoms with van der Waals surface area (Å²) in [5.74, 6) is 0.124. The van der Waals surface area contributed by atoms with Crippen molar-refractivity contribution in [1.82, 2.24) is 0 Å². The molecule has 0 aliphatic rings. The van der Waals surface area contributed by atoms with Crippen LogP contribution in [0.5, 0.6) is 11.5 Å². The van der Waals surface area contributed by atoms with Gasteiger partial charge < -0.3 is 0 Å². The van der Waals surface area contributed by atoms with Gasteiger partial charge in [-0.3, -0.25) is 9.78 Å². The molecular weight excluding hydrogens is 388 g/mol. The van der Waals surface area contributed by atoms with Gasteiger partial charge in [0.1, 0.15) is 0 Å². The van der Waals surface area contributed by atoms with Crippen LogP contribution in [0.1, 0.15) is 0 Å². The zero-order valence-corrected chi connectivity index (χ0v) is 15.2. The van der Waals surface area contributed by atoms with Gasteiger partial charge in [0, 0.05) is 12.5 Å². The lowest BCUT2D eigenvalue weighted by molar-refractivity contribution is -0.236. The minimum Gasteiger partial charge on any atom is -0.284 e.